The molecule has 0 radical (unpaired) electrons. The predicted molar refractivity (Wildman–Crippen MR) is 60.3 cm³/mol. The van der Waals surface area contributed by atoms with Gasteiger partial charge in [0, 0.05) is 18.2 Å². The number of hydrogen-bond donors (Lipinski definition) is 1. The second-order valence-electron chi connectivity index (χ2n) is 4.19. The Labute approximate surface area is 93.3 Å². The Morgan fingerprint density at radius 3 is 2.81 bits per heavy atom. The average Bonchev–Trinajstić information content (AvgIpc) is 3.01. The highest BCUT2D eigenvalue weighted by Gasteiger charge is 2.26. The standard InChI is InChI=1S/C11H13N5/c1-7-4-5-16(15-7)10-6-9(8-2-3-8)13-11(12)14-10/h4-6,8H,2-3H2,1H3,(H2,12,13,14). The van der Waals surface area contributed by atoms with E-state index in [1.54, 1.807) is 4.68 Å². The smallest absolute Gasteiger partial charge is 0.222 e. The van der Waals surface area contributed by atoms with E-state index in [0.29, 0.717) is 11.9 Å². The van der Waals surface area contributed by atoms with Crippen LogP contribution < -0.4 is 5.73 Å². The summed E-state index contributed by atoms with van der Waals surface area (Å²) in [6, 6.07) is 3.91. The number of rotatable bonds is 2. The van der Waals surface area contributed by atoms with Crippen LogP contribution in [0.4, 0.5) is 5.95 Å². The normalized spacial score (nSPS) is 15.3. The maximum absolute atomic E-state index is 5.71. The van der Waals surface area contributed by atoms with E-state index in [0.717, 1.165) is 17.2 Å². The van der Waals surface area contributed by atoms with Crippen molar-refractivity contribution >= 4 is 5.95 Å². The second-order valence-corrected chi connectivity index (χ2v) is 4.19. The van der Waals surface area contributed by atoms with Gasteiger partial charge < -0.3 is 5.73 Å². The molecule has 5 heteroatoms. The van der Waals surface area contributed by atoms with Crippen LogP contribution in [-0.4, -0.2) is 19.7 Å². The van der Waals surface area contributed by atoms with Crippen LogP contribution in [0.15, 0.2) is 18.3 Å². The van der Waals surface area contributed by atoms with Gasteiger partial charge >= 0.3 is 0 Å². The van der Waals surface area contributed by atoms with Crippen molar-refractivity contribution < 1.29 is 0 Å². The van der Waals surface area contributed by atoms with Crippen LogP contribution in [0.25, 0.3) is 5.82 Å². The Bertz CT molecular complexity index is 527. The van der Waals surface area contributed by atoms with E-state index in [1.807, 2.05) is 25.3 Å². The van der Waals surface area contributed by atoms with Gasteiger partial charge in [0.05, 0.1) is 11.4 Å². The third kappa shape index (κ3) is 1.64. The number of nitrogens with two attached hydrogens (primary N) is 1. The summed E-state index contributed by atoms with van der Waals surface area (Å²) in [5.74, 6) is 1.65. The summed E-state index contributed by atoms with van der Waals surface area (Å²) in [4.78, 5) is 8.45. The number of aromatic nitrogens is 4. The number of hydrogen-bond acceptors (Lipinski definition) is 4. The fourth-order valence-corrected chi connectivity index (χ4v) is 1.72. The topological polar surface area (TPSA) is 69.6 Å². The van der Waals surface area contributed by atoms with Gasteiger partial charge in [-0.1, -0.05) is 0 Å². The van der Waals surface area contributed by atoms with Crippen LogP contribution in [0.2, 0.25) is 0 Å². The molecule has 0 saturated heterocycles. The molecule has 0 aromatic carbocycles. The van der Waals surface area contributed by atoms with Gasteiger partial charge in [0.2, 0.25) is 5.95 Å². The first-order valence-corrected chi connectivity index (χ1v) is 5.39. The van der Waals surface area contributed by atoms with Gasteiger partial charge in [0.15, 0.2) is 5.82 Å². The zero-order valence-electron chi connectivity index (χ0n) is 9.09. The number of anilines is 1. The molecule has 2 N–H and O–H groups in total. The van der Waals surface area contributed by atoms with Gasteiger partial charge in [-0.25, -0.2) is 9.67 Å². The third-order valence-electron chi connectivity index (χ3n) is 2.70. The largest absolute Gasteiger partial charge is 0.368 e. The average molecular weight is 215 g/mol. The highest BCUT2D eigenvalue weighted by Crippen LogP contribution is 2.39. The van der Waals surface area contributed by atoms with Crippen LogP contribution in [0, 0.1) is 6.92 Å². The molecule has 0 amide bonds. The molecule has 3 rings (SSSR count). The maximum atomic E-state index is 5.71. The highest BCUT2D eigenvalue weighted by molar-refractivity contribution is 5.34. The van der Waals surface area contributed by atoms with E-state index in [1.165, 1.54) is 12.8 Å². The predicted octanol–water partition coefficient (Wildman–Crippen LogP) is 1.43. The summed E-state index contributed by atoms with van der Waals surface area (Å²) in [6.07, 6.45) is 4.29. The molecule has 0 aliphatic heterocycles. The van der Waals surface area contributed by atoms with Crippen molar-refractivity contribution in [2.75, 3.05) is 5.73 Å². The third-order valence-corrected chi connectivity index (χ3v) is 2.70. The summed E-state index contributed by atoms with van der Waals surface area (Å²) in [5, 5.41) is 4.31. The SMILES string of the molecule is Cc1ccn(-c2cc(C3CC3)nc(N)n2)n1. The molecule has 16 heavy (non-hydrogen) atoms. The molecule has 1 aliphatic carbocycles. The van der Waals surface area contributed by atoms with E-state index in [-0.39, 0.29) is 0 Å². The molecule has 1 fully saturated rings. The minimum atomic E-state index is 0.326. The maximum Gasteiger partial charge on any atom is 0.222 e. The van der Waals surface area contributed by atoms with E-state index >= 15 is 0 Å². The number of nitrogen functional groups attached to an aromatic ring is 1. The second kappa shape index (κ2) is 3.30. The van der Waals surface area contributed by atoms with Crippen LogP contribution in [0.5, 0.6) is 0 Å². The van der Waals surface area contributed by atoms with Gasteiger partial charge in [-0.3, -0.25) is 0 Å². The molecule has 0 spiro atoms. The lowest BCUT2D eigenvalue weighted by molar-refractivity contribution is 0.819. The van der Waals surface area contributed by atoms with Crippen LogP contribution in [-0.2, 0) is 0 Å². The van der Waals surface area contributed by atoms with Crippen LogP contribution in [0.3, 0.4) is 0 Å². The van der Waals surface area contributed by atoms with Crippen LogP contribution >= 0.6 is 0 Å². The summed E-state index contributed by atoms with van der Waals surface area (Å²) in [6.45, 7) is 1.95. The molecule has 0 unspecified atom stereocenters. The van der Waals surface area contributed by atoms with Crippen molar-refractivity contribution in [3.8, 4) is 5.82 Å². The molecule has 5 nitrogen and oxygen atoms in total. The molecule has 82 valence electrons. The zero-order valence-corrected chi connectivity index (χ0v) is 9.09. The molecule has 1 aliphatic rings. The lowest BCUT2D eigenvalue weighted by Crippen LogP contribution is -2.05. The summed E-state index contributed by atoms with van der Waals surface area (Å²) < 4.78 is 1.74. The van der Waals surface area contributed by atoms with Gasteiger partial charge in [-0.15, -0.1) is 0 Å². The zero-order chi connectivity index (χ0) is 11.1. The van der Waals surface area contributed by atoms with E-state index in [4.69, 9.17) is 5.73 Å². The Balaban J connectivity index is 2.06. The highest BCUT2D eigenvalue weighted by atomic mass is 15.3. The first-order valence-electron chi connectivity index (χ1n) is 5.39. The molecule has 1 saturated carbocycles. The van der Waals surface area contributed by atoms with Gasteiger partial charge in [0.25, 0.3) is 0 Å². The fraction of sp³-hybridized carbons (Fsp3) is 0.364. The lowest BCUT2D eigenvalue weighted by atomic mass is 10.3. The fourth-order valence-electron chi connectivity index (χ4n) is 1.72. The molecule has 2 heterocycles. The molecule has 2 aromatic heterocycles. The van der Waals surface area contributed by atoms with Crippen molar-refractivity contribution in [2.45, 2.75) is 25.7 Å². The monoisotopic (exact) mass is 215 g/mol. The molecular weight excluding hydrogens is 202 g/mol. The van der Waals surface area contributed by atoms with Crippen molar-refractivity contribution in [1.29, 1.82) is 0 Å². The van der Waals surface area contributed by atoms with E-state index < -0.39 is 0 Å². The minimum absolute atomic E-state index is 0.326. The molecule has 0 atom stereocenters. The summed E-state index contributed by atoms with van der Waals surface area (Å²) >= 11 is 0. The molecule has 2 aromatic rings. The molecule has 0 bridgehead atoms. The quantitative estimate of drug-likeness (QED) is 0.822. The van der Waals surface area contributed by atoms with Crippen molar-refractivity contribution in [1.82, 2.24) is 19.7 Å². The van der Waals surface area contributed by atoms with Crippen molar-refractivity contribution in [3.63, 3.8) is 0 Å². The lowest BCUT2D eigenvalue weighted by Gasteiger charge is -2.04. The number of aryl methyl sites for hydroxylation is 1. The number of nitrogens with zero attached hydrogens (tertiary/aromatic N) is 4. The van der Waals surface area contributed by atoms with E-state index in [9.17, 15) is 0 Å². The van der Waals surface area contributed by atoms with Crippen molar-refractivity contribution in [3.05, 3.63) is 29.7 Å². The van der Waals surface area contributed by atoms with Gasteiger partial charge in [0.1, 0.15) is 0 Å². The summed E-state index contributed by atoms with van der Waals surface area (Å²) in [5.41, 5.74) is 7.71. The van der Waals surface area contributed by atoms with E-state index in [2.05, 4.69) is 15.1 Å². The Morgan fingerprint density at radius 2 is 2.19 bits per heavy atom. The van der Waals surface area contributed by atoms with Gasteiger partial charge in [-0.05, 0) is 25.8 Å². The first-order chi connectivity index (χ1) is 7.72. The minimum Gasteiger partial charge on any atom is -0.368 e. The van der Waals surface area contributed by atoms with Crippen LogP contribution in [0.1, 0.15) is 30.1 Å². The Kier molecular flexibility index (Phi) is 1.92. The van der Waals surface area contributed by atoms with Gasteiger partial charge in [-0.2, -0.15) is 10.1 Å². The first kappa shape index (κ1) is 9.33. The van der Waals surface area contributed by atoms with Crippen molar-refractivity contribution in [2.24, 2.45) is 0 Å². The molecular formula is C11H13N5. The Hall–Kier alpha value is -1.91. The Morgan fingerprint density at radius 1 is 1.38 bits per heavy atom. The summed E-state index contributed by atoms with van der Waals surface area (Å²) in [7, 11) is 0.